The molecular weight excluding hydrogens is 372 g/mol. The Morgan fingerprint density at radius 2 is 1.85 bits per heavy atom. The summed E-state index contributed by atoms with van der Waals surface area (Å²) in [5.41, 5.74) is -0.231. The van der Waals surface area contributed by atoms with Crippen molar-refractivity contribution in [2.24, 2.45) is 0 Å². The van der Waals surface area contributed by atoms with Crippen LogP contribution in [0, 0.1) is 10.1 Å². The number of nitro benzene ring substituents is 1. The van der Waals surface area contributed by atoms with Crippen LogP contribution in [0.2, 0.25) is 0 Å². The van der Waals surface area contributed by atoms with Crippen molar-refractivity contribution < 1.29 is 18.1 Å². The summed E-state index contributed by atoms with van der Waals surface area (Å²) in [6.45, 7) is 0.754. The van der Waals surface area contributed by atoms with E-state index in [-0.39, 0.29) is 34.8 Å². The fourth-order valence-corrected chi connectivity index (χ4v) is 4.62. The lowest BCUT2D eigenvalue weighted by atomic mass is 10.2. The normalized spacial score (nSPS) is 18.5. The largest absolute Gasteiger partial charge is 0.371 e. The van der Waals surface area contributed by atoms with Crippen LogP contribution in [0.3, 0.4) is 0 Å². The van der Waals surface area contributed by atoms with Crippen LogP contribution in [0.15, 0.2) is 23.1 Å². The van der Waals surface area contributed by atoms with Gasteiger partial charge in [0.2, 0.25) is 15.9 Å². The number of amides is 1. The molecule has 2 N–H and O–H groups in total. The summed E-state index contributed by atoms with van der Waals surface area (Å²) >= 11 is 0. The van der Waals surface area contributed by atoms with Crippen molar-refractivity contribution >= 4 is 27.3 Å². The Hall–Kier alpha value is -2.20. The number of hydrogen-bond donors (Lipinski definition) is 2. The highest BCUT2D eigenvalue weighted by atomic mass is 32.2. The quantitative estimate of drug-likeness (QED) is 0.536. The van der Waals surface area contributed by atoms with Gasteiger partial charge in [0.05, 0.1) is 16.4 Å². The minimum Gasteiger partial charge on any atom is -0.371 e. The van der Waals surface area contributed by atoms with Crippen LogP contribution in [-0.2, 0) is 14.8 Å². The molecular formula is C17H24N4O5S. The molecule has 0 bridgehead atoms. The third-order valence-corrected chi connectivity index (χ3v) is 6.65. The Kier molecular flexibility index (Phi) is 5.95. The van der Waals surface area contributed by atoms with Gasteiger partial charge < -0.3 is 10.6 Å². The number of nitrogens with one attached hydrogen (secondary N) is 2. The summed E-state index contributed by atoms with van der Waals surface area (Å²) in [5, 5.41) is 16.9. The molecule has 2 fully saturated rings. The Bertz CT molecular complexity index is 815. The zero-order valence-corrected chi connectivity index (χ0v) is 15.8. The molecule has 27 heavy (non-hydrogen) atoms. The molecule has 9 nitrogen and oxygen atoms in total. The number of carbonyl (C=O) groups is 1. The molecule has 0 atom stereocenters. The predicted molar refractivity (Wildman–Crippen MR) is 100.0 cm³/mol. The van der Waals surface area contributed by atoms with Crippen LogP contribution in [0.4, 0.5) is 11.4 Å². The van der Waals surface area contributed by atoms with E-state index >= 15 is 0 Å². The lowest BCUT2D eigenvalue weighted by Gasteiger charge is -2.20. The summed E-state index contributed by atoms with van der Waals surface area (Å²) in [6.07, 6.45) is 5.45. The van der Waals surface area contributed by atoms with E-state index in [2.05, 4.69) is 10.6 Å². The van der Waals surface area contributed by atoms with Gasteiger partial charge in [-0.15, -0.1) is 0 Å². The average molecular weight is 396 g/mol. The van der Waals surface area contributed by atoms with Crippen molar-refractivity contribution in [3.05, 3.63) is 28.3 Å². The van der Waals surface area contributed by atoms with Gasteiger partial charge in [0, 0.05) is 25.2 Å². The van der Waals surface area contributed by atoms with Crippen LogP contribution in [-0.4, -0.2) is 49.2 Å². The molecule has 1 aliphatic carbocycles. The highest BCUT2D eigenvalue weighted by Crippen LogP contribution is 2.30. The summed E-state index contributed by atoms with van der Waals surface area (Å²) < 4.78 is 27.1. The molecule has 1 saturated carbocycles. The Balaban J connectivity index is 1.77. The topological polar surface area (TPSA) is 122 Å². The van der Waals surface area contributed by atoms with E-state index < -0.39 is 14.9 Å². The van der Waals surface area contributed by atoms with Gasteiger partial charge in [0.1, 0.15) is 5.69 Å². The number of sulfonamides is 1. The van der Waals surface area contributed by atoms with Gasteiger partial charge in [-0.25, -0.2) is 8.42 Å². The minimum absolute atomic E-state index is 0.0934. The molecule has 148 valence electrons. The monoisotopic (exact) mass is 396 g/mol. The van der Waals surface area contributed by atoms with Gasteiger partial charge in [-0.05, 0) is 37.8 Å². The second-order valence-corrected chi connectivity index (χ2v) is 8.89. The van der Waals surface area contributed by atoms with Gasteiger partial charge in [-0.1, -0.05) is 12.8 Å². The molecule has 1 aromatic rings. The Morgan fingerprint density at radius 1 is 1.19 bits per heavy atom. The van der Waals surface area contributed by atoms with Gasteiger partial charge in [0.15, 0.2) is 0 Å². The van der Waals surface area contributed by atoms with Crippen molar-refractivity contribution in [2.75, 3.05) is 25.0 Å². The van der Waals surface area contributed by atoms with Crippen molar-refractivity contribution in [3.8, 4) is 0 Å². The second kappa shape index (κ2) is 8.22. The van der Waals surface area contributed by atoms with E-state index in [1.54, 1.807) is 0 Å². The van der Waals surface area contributed by atoms with Gasteiger partial charge in [-0.3, -0.25) is 14.9 Å². The lowest BCUT2D eigenvalue weighted by molar-refractivity contribution is -0.384. The van der Waals surface area contributed by atoms with E-state index in [1.807, 2.05) is 0 Å². The van der Waals surface area contributed by atoms with E-state index in [9.17, 15) is 23.3 Å². The lowest BCUT2D eigenvalue weighted by Crippen LogP contribution is -2.32. The first kappa shape index (κ1) is 19.6. The number of benzene rings is 1. The van der Waals surface area contributed by atoms with Gasteiger partial charge >= 0.3 is 0 Å². The molecule has 2 aliphatic rings. The maximum atomic E-state index is 12.8. The number of hydrogen-bond acceptors (Lipinski definition) is 6. The van der Waals surface area contributed by atoms with Crippen molar-refractivity contribution in [1.82, 2.24) is 9.62 Å². The second-order valence-electron chi connectivity index (χ2n) is 6.95. The average Bonchev–Trinajstić information content (AvgIpc) is 3.46. The number of nitrogens with zero attached hydrogens (tertiary/aromatic N) is 2. The zero-order chi connectivity index (χ0) is 19.4. The summed E-state index contributed by atoms with van der Waals surface area (Å²) in [4.78, 5) is 22.5. The predicted octanol–water partition coefficient (Wildman–Crippen LogP) is 1.85. The van der Waals surface area contributed by atoms with Crippen LogP contribution in [0.5, 0.6) is 0 Å². The standard InChI is InChI=1S/C17H24N4O5S/c22-17(19-13-5-6-13)12-18-15-8-7-14(11-16(15)21(23)24)27(25,26)20-9-3-1-2-4-10-20/h7-8,11,13,18H,1-6,9-10,12H2,(H,19,22). The summed E-state index contributed by atoms with van der Waals surface area (Å²) in [6, 6.07) is 3.98. The molecule has 1 amide bonds. The first-order valence-electron chi connectivity index (χ1n) is 9.20. The van der Waals surface area contributed by atoms with Crippen LogP contribution in [0.25, 0.3) is 0 Å². The van der Waals surface area contributed by atoms with Crippen molar-refractivity contribution in [2.45, 2.75) is 49.5 Å². The summed E-state index contributed by atoms with van der Waals surface area (Å²) in [7, 11) is -3.78. The molecule has 1 heterocycles. The molecule has 1 aliphatic heterocycles. The van der Waals surface area contributed by atoms with E-state index in [4.69, 9.17) is 0 Å². The highest BCUT2D eigenvalue weighted by Gasteiger charge is 2.28. The Labute approximate surface area is 158 Å². The van der Waals surface area contributed by atoms with Gasteiger partial charge in [0.25, 0.3) is 5.69 Å². The maximum Gasteiger partial charge on any atom is 0.293 e. The number of rotatable bonds is 7. The first-order valence-corrected chi connectivity index (χ1v) is 10.6. The molecule has 10 heteroatoms. The Morgan fingerprint density at radius 3 is 2.44 bits per heavy atom. The van der Waals surface area contributed by atoms with Crippen molar-refractivity contribution in [1.29, 1.82) is 0 Å². The third kappa shape index (κ3) is 4.95. The highest BCUT2D eigenvalue weighted by molar-refractivity contribution is 7.89. The molecule has 0 aromatic heterocycles. The zero-order valence-electron chi connectivity index (χ0n) is 15.0. The van der Waals surface area contributed by atoms with Crippen LogP contribution in [0.1, 0.15) is 38.5 Å². The van der Waals surface area contributed by atoms with E-state index in [0.717, 1.165) is 44.6 Å². The molecule has 0 radical (unpaired) electrons. The van der Waals surface area contributed by atoms with Crippen LogP contribution < -0.4 is 10.6 Å². The molecule has 0 spiro atoms. The molecule has 1 saturated heterocycles. The first-order chi connectivity index (χ1) is 12.9. The molecule has 1 aromatic carbocycles. The van der Waals surface area contributed by atoms with Crippen molar-refractivity contribution in [3.63, 3.8) is 0 Å². The number of carbonyl (C=O) groups excluding carboxylic acids is 1. The fraction of sp³-hybridized carbons (Fsp3) is 0.588. The van der Waals surface area contributed by atoms with Crippen LogP contribution >= 0.6 is 0 Å². The summed E-state index contributed by atoms with van der Waals surface area (Å²) in [5.74, 6) is -0.243. The van der Waals surface area contributed by atoms with E-state index in [0.29, 0.717) is 13.1 Å². The SMILES string of the molecule is O=C(CNc1ccc(S(=O)(=O)N2CCCCCC2)cc1[N+](=O)[O-])NC1CC1. The maximum absolute atomic E-state index is 12.8. The minimum atomic E-state index is -3.78. The molecule has 0 unspecified atom stereocenters. The fourth-order valence-electron chi connectivity index (χ4n) is 3.09. The number of nitro groups is 1. The smallest absolute Gasteiger partial charge is 0.293 e. The molecule has 3 rings (SSSR count). The van der Waals surface area contributed by atoms with Gasteiger partial charge in [-0.2, -0.15) is 4.31 Å². The third-order valence-electron chi connectivity index (χ3n) is 4.75. The number of anilines is 1. The van der Waals surface area contributed by atoms with E-state index in [1.165, 1.54) is 16.4 Å².